The Morgan fingerprint density at radius 3 is 1.09 bits per heavy atom. The smallest absolute Gasteiger partial charge is 0.234 e. The molecular formula is C17H22N2O4. The standard InChI is InChI=1S/C17H22N2O4/c20-14-10-5-1-2-6-11(10)15(21)18(14)9-19-16(22)12-7-3-4-8-13(12)17(19)23/h10-13H,1-9H2. The van der Waals surface area contributed by atoms with Gasteiger partial charge in [0.15, 0.2) is 0 Å². The number of amides is 4. The molecule has 4 rings (SSSR count). The van der Waals surface area contributed by atoms with E-state index in [-0.39, 0.29) is 54.0 Å². The Morgan fingerprint density at radius 1 is 0.565 bits per heavy atom. The second-order valence-corrected chi connectivity index (χ2v) is 7.35. The molecule has 2 saturated carbocycles. The highest BCUT2D eigenvalue weighted by molar-refractivity contribution is 6.08. The van der Waals surface area contributed by atoms with Gasteiger partial charge in [-0.25, -0.2) is 0 Å². The molecule has 23 heavy (non-hydrogen) atoms. The van der Waals surface area contributed by atoms with E-state index in [0.717, 1.165) is 51.4 Å². The second-order valence-electron chi connectivity index (χ2n) is 7.35. The summed E-state index contributed by atoms with van der Waals surface area (Å²) >= 11 is 0. The summed E-state index contributed by atoms with van der Waals surface area (Å²) in [7, 11) is 0. The Hall–Kier alpha value is -1.72. The first-order valence-corrected chi connectivity index (χ1v) is 8.80. The van der Waals surface area contributed by atoms with Gasteiger partial charge >= 0.3 is 0 Å². The van der Waals surface area contributed by atoms with Crippen molar-refractivity contribution >= 4 is 23.6 Å². The molecule has 4 unspecified atom stereocenters. The molecule has 0 radical (unpaired) electrons. The quantitative estimate of drug-likeness (QED) is 0.719. The maximum Gasteiger partial charge on any atom is 0.234 e. The second kappa shape index (κ2) is 5.42. The SMILES string of the molecule is O=C1C2CCCCC2C(=O)N1CN1C(=O)C2CCCCC2C1=O. The van der Waals surface area contributed by atoms with Crippen molar-refractivity contribution in [1.29, 1.82) is 0 Å². The normalized spacial score (nSPS) is 37.4. The van der Waals surface area contributed by atoms with Crippen molar-refractivity contribution in [3.63, 3.8) is 0 Å². The Morgan fingerprint density at radius 2 is 0.826 bits per heavy atom. The predicted octanol–water partition coefficient (Wildman–Crippen LogP) is 1.29. The summed E-state index contributed by atoms with van der Waals surface area (Å²) < 4.78 is 0. The fourth-order valence-electron chi connectivity index (χ4n) is 4.88. The highest BCUT2D eigenvalue weighted by Crippen LogP contribution is 2.41. The van der Waals surface area contributed by atoms with Crippen LogP contribution in [-0.2, 0) is 19.2 Å². The molecule has 4 amide bonds. The van der Waals surface area contributed by atoms with E-state index in [1.807, 2.05) is 0 Å². The Labute approximate surface area is 135 Å². The van der Waals surface area contributed by atoms with Gasteiger partial charge in [0.2, 0.25) is 23.6 Å². The van der Waals surface area contributed by atoms with Crippen LogP contribution in [0.2, 0.25) is 0 Å². The highest BCUT2D eigenvalue weighted by atomic mass is 16.2. The van der Waals surface area contributed by atoms with Crippen LogP contribution in [0.15, 0.2) is 0 Å². The molecule has 124 valence electrons. The van der Waals surface area contributed by atoms with Crippen molar-refractivity contribution in [2.75, 3.05) is 6.67 Å². The minimum absolute atomic E-state index is 0.157. The first-order chi connectivity index (χ1) is 11.1. The summed E-state index contributed by atoms with van der Waals surface area (Å²) in [5.74, 6) is -1.66. The van der Waals surface area contributed by atoms with E-state index in [9.17, 15) is 19.2 Å². The van der Waals surface area contributed by atoms with E-state index in [1.54, 1.807) is 0 Å². The van der Waals surface area contributed by atoms with Crippen LogP contribution in [0.3, 0.4) is 0 Å². The number of carbonyl (C=O) groups excluding carboxylic acids is 4. The summed E-state index contributed by atoms with van der Waals surface area (Å²) in [6.45, 7) is -0.157. The zero-order valence-corrected chi connectivity index (χ0v) is 13.2. The average Bonchev–Trinajstić information content (AvgIpc) is 2.97. The van der Waals surface area contributed by atoms with Crippen LogP contribution in [0.4, 0.5) is 0 Å². The van der Waals surface area contributed by atoms with Crippen LogP contribution in [0.5, 0.6) is 0 Å². The summed E-state index contributed by atoms with van der Waals surface area (Å²) in [5, 5.41) is 0. The molecule has 4 aliphatic rings. The molecular weight excluding hydrogens is 296 g/mol. The van der Waals surface area contributed by atoms with Gasteiger partial charge in [0.05, 0.1) is 23.7 Å². The number of imide groups is 2. The molecule has 0 bridgehead atoms. The van der Waals surface area contributed by atoms with Crippen LogP contribution in [0.1, 0.15) is 51.4 Å². The predicted molar refractivity (Wildman–Crippen MR) is 79.5 cm³/mol. The molecule has 6 heteroatoms. The fraction of sp³-hybridized carbons (Fsp3) is 0.765. The van der Waals surface area contributed by atoms with E-state index in [2.05, 4.69) is 0 Å². The number of carbonyl (C=O) groups is 4. The largest absolute Gasteiger partial charge is 0.274 e. The third-order valence-electron chi connectivity index (χ3n) is 6.15. The Bertz CT molecular complexity index is 489. The fourth-order valence-corrected chi connectivity index (χ4v) is 4.88. The van der Waals surface area contributed by atoms with Crippen molar-refractivity contribution in [3.05, 3.63) is 0 Å². The lowest BCUT2D eigenvalue weighted by atomic mass is 9.81. The van der Waals surface area contributed by atoms with Crippen LogP contribution in [0, 0.1) is 23.7 Å². The number of likely N-dealkylation sites (tertiary alicyclic amines) is 2. The summed E-state index contributed by atoms with van der Waals surface area (Å²) in [6, 6.07) is 0. The van der Waals surface area contributed by atoms with Crippen molar-refractivity contribution in [3.8, 4) is 0 Å². The maximum absolute atomic E-state index is 12.5. The molecule has 2 aliphatic carbocycles. The molecule has 0 aromatic heterocycles. The van der Waals surface area contributed by atoms with Crippen LogP contribution < -0.4 is 0 Å². The molecule has 2 saturated heterocycles. The monoisotopic (exact) mass is 318 g/mol. The topological polar surface area (TPSA) is 74.8 Å². The van der Waals surface area contributed by atoms with E-state index in [0.29, 0.717) is 0 Å². The van der Waals surface area contributed by atoms with Gasteiger partial charge in [0.25, 0.3) is 0 Å². The third kappa shape index (κ3) is 2.14. The Kier molecular flexibility index (Phi) is 3.50. The zero-order chi connectivity index (χ0) is 16.1. The molecule has 0 aromatic carbocycles. The molecule has 6 nitrogen and oxygen atoms in total. The van der Waals surface area contributed by atoms with Crippen molar-refractivity contribution in [2.45, 2.75) is 51.4 Å². The molecule has 2 heterocycles. The van der Waals surface area contributed by atoms with Crippen LogP contribution in [0.25, 0.3) is 0 Å². The lowest BCUT2D eigenvalue weighted by Crippen LogP contribution is -2.45. The lowest BCUT2D eigenvalue weighted by Gasteiger charge is -2.22. The molecule has 2 aliphatic heterocycles. The third-order valence-corrected chi connectivity index (χ3v) is 6.15. The number of rotatable bonds is 2. The summed E-state index contributed by atoms with van der Waals surface area (Å²) in [5.41, 5.74) is 0. The van der Waals surface area contributed by atoms with Crippen molar-refractivity contribution in [1.82, 2.24) is 9.80 Å². The maximum atomic E-state index is 12.5. The summed E-state index contributed by atoms with van der Waals surface area (Å²) in [6.07, 6.45) is 6.88. The average molecular weight is 318 g/mol. The summed E-state index contributed by atoms with van der Waals surface area (Å²) in [4.78, 5) is 52.4. The van der Waals surface area contributed by atoms with Crippen LogP contribution >= 0.6 is 0 Å². The van der Waals surface area contributed by atoms with E-state index in [4.69, 9.17) is 0 Å². The van der Waals surface area contributed by atoms with Gasteiger partial charge in [0.1, 0.15) is 6.67 Å². The van der Waals surface area contributed by atoms with Crippen molar-refractivity contribution < 1.29 is 19.2 Å². The Balaban J connectivity index is 1.53. The van der Waals surface area contributed by atoms with Crippen molar-refractivity contribution in [2.24, 2.45) is 23.7 Å². The first-order valence-electron chi connectivity index (χ1n) is 8.80. The number of hydrogen-bond acceptors (Lipinski definition) is 4. The molecule has 0 aromatic rings. The van der Waals surface area contributed by atoms with E-state index in [1.165, 1.54) is 9.80 Å². The van der Waals surface area contributed by atoms with Gasteiger partial charge in [-0.1, -0.05) is 25.7 Å². The van der Waals surface area contributed by atoms with Crippen LogP contribution in [-0.4, -0.2) is 40.1 Å². The number of nitrogens with zero attached hydrogens (tertiary/aromatic N) is 2. The van der Waals surface area contributed by atoms with E-state index >= 15 is 0 Å². The highest BCUT2D eigenvalue weighted by Gasteiger charge is 2.53. The van der Waals surface area contributed by atoms with Gasteiger partial charge in [-0.15, -0.1) is 0 Å². The van der Waals surface area contributed by atoms with E-state index < -0.39 is 0 Å². The number of fused-ring (bicyclic) bond motifs is 2. The van der Waals surface area contributed by atoms with Gasteiger partial charge in [-0.3, -0.25) is 29.0 Å². The lowest BCUT2D eigenvalue weighted by molar-refractivity contribution is -0.148. The molecule has 0 N–H and O–H groups in total. The molecule has 4 atom stereocenters. The minimum atomic E-state index is -0.230. The minimum Gasteiger partial charge on any atom is -0.274 e. The molecule has 0 spiro atoms. The molecule has 4 fully saturated rings. The zero-order valence-electron chi connectivity index (χ0n) is 13.2. The van der Waals surface area contributed by atoms with Gasteiger partial charge in [-0.2, -0.15) is 0 Å². The first kappa shape index (κ1) is 14.8. The number of hydrogen-bond donors (Lipinski definition) is 0. The van der Waals surface area contributed by atoms with Gasteiger partial charge in [-0.05, 0) is 25.7 Å². The van der Waals surface area contributed by atoms with Gasteiger partial charge < -0.3 is 0 Å². The van der Waals surface area contributed by atoms with Gasteiger partial charge in [0, 0.05) is 0 Å².